The normalized spacial score (nSPS) is 34.7. The fraction of sp³-hybridized carbons (Fsp3) is 0.846. The lowest BCUT2D eigenvalue weighted by Crippen LogP contribution is -2.34. The number of carbonyl (C=O) groups is 2. The van der Waals surface area contributed by atoms with Gasteiger partial charge in [-0.3, -0.25) is 9.59 Å². The maximum Gasteiger partial charge on any atom is 0.461 e. The minimum Gasteiger partial charge on any atom is -0.398 e. The van der Waals surface area contributed by atoms with Gasteiger partial charge in [-0.05, 0) is 32.0 Å². The average Bonchev–Trinajstić information content (AvgIpc) is 2.93. The van der Waals surface area contributed by atoms with Crippen molar-refractivity contribution >= 4 is 18.7 Å². The summed E-state index contributed by atoms with van der Waals surface area (Å²) in [5.74, 6) is 0.780. The van der Waals surface area contributed by atoms with Crippen molar-refractivity contribution in [2.24, 2.45) is 5.92 Å². The standard InChI is InChI=1S/C13H21BO4/c1-4-5-6-10-7-11(10)14-17-12(8(2)15)13(18-14)9(3)16/h10-13H,4-7H2,1-3H3/t10-,11-,12+,13+/m1/s1. The Kier molecular flexibility index (Phi) is 4.23. The van der Waals surface area contributed by atoms with E-state index in [1.165, 1.54) is 33.1 Å². The van der Waals surface area contributed by atoms with Gasteiger partial charge in [-0.2, -0.15) is 0 Å². The van der Waals surface area contributed by atoms with Crippen LogP contribution in [0.2, 0.25) is 5.82 Å². The second kappa shape index (κ2) is 5.53. The molecule has 0 spiro atoms. The van der Waals surface area contributed by atoms with Crippen LogP contribution in [0, 0.1) is 5.92 Å². The van der Waals surface area contributed by atoms with Crippen molar-refractivity contribution in [1.29, 1.82) is 0 Å². The highest BCUT2D eigenvalue weighted by atomic mass is 16.7. The number of carbonyl (C=O) groups excluding carboxylic acids is 2. The largest absolute Gasteiger partial charge is 0.461 e. The van der Waals surface area contributed by atoms with Crippen LogP contribution in [-0.4, -0.2) is 30.9 Å². The van der Waals surface area contributed by atoms with Crippen molar-refractivity contribution in [2.75, 3.05) is 0 Å². The quantitative estimate of drug-likeness (QED) is 0.678. The molecular formula is C13H21BO4. The number of Topliss-reactive ketones (excluding diaryl/α,β-unsaturated/α-hetero) is 2. The Hall–Kier alpha value is -0.675. The number of hydrogen-bond acceptors (Lipinski definition) is 4. The monoisotopic (exact) mass is 252 g/mol. The van der Waals surface area contributed by atoms with Gasteiger partial charge in [0.2, 0.25) is 0 Å². The summed E-state index contributed by atoms with van der Waals surface area (Å²) in [7, 11) is -0.352. The first-order valence-corrected chi connectivity index (χ1v) is 6.86. The summed E-state index contributed by atoms with van der Waals surface area (Å²) in [4.78, 5) is 22.9. The summed E-state index contributed by atoms with van der Waals surface area (Å²) in [5.41, 5.74) is 0. The van der Waals surface area contributed by atoms with Crippen LogP contribution in [0.25, 0.3) is 0 Å². The van der Waals surface area contributed by atoms with Crippen molar-refractivity contribution in [3.05, 3.63) is 0 Å². The van der Waals surface area contributed by atoms with E-state index < -0.39 is 12.2 Å². The van der Waals surface area contributed by atoms with Gasteiger partial charge in [-0.15, -0.1) is 0 Å². The van der Waals surface area contributed by atoms with E-state index in [0.29, 0.717) is 11.7 Å². The lowest BCUT2D eigenvalue weighted by Gasteiger charge is -2.11. The molecule has 1 saturated carbocycles. The van der Waals surface area contributed by atoms with Crippen LogP contribution >= 0.6 is 0 Å². The van der Waals surface area contributed by atoms with Gasteiger partial charge in [0.1, 0.15) is 12.2 Å². The van der Waals surface area contributed by atoms with Crippen molar-refractivity contribution in [2.45, 2.75) is 64.5 Å². The molecule has 0 aromatic rings. The highest BCUT2D eigenvalue weighted by Crippen LogP contribution is 2.52. The van der Waals surface area contributed by atoms with Crippen molar-refractivity contribution in [1.82, 2.24) is 0 Å². The minimum absolute atomic E-state index is 0.122. The van der Waals surface area contributed by atoms with E-state index in [2.05, 4.69) is 6.92 Å². The van der Waals surface area contributed by atoms with Crippen LogP contribution < -0.4 is 0 Å². The van der Waals surface area contributed by atoms with Gasteiger partial charge in [0.15, 0.2) is 11.6 Å². The first-order chi connectivity index (χ1) is 8.54. The molecule has 0 aromatic carbocycles. The topological polar surface area (TPSA) is 52.6 Å². The highest BCUT2D eigenvalue weighted by Gasteiger charge is 2.55. The average molecular weight is 252 g/mol. The molecule has 1 heterocycles. The van der Waals surface area contributed by atoms with E-state index in [9.17, 15) is 9.59 Å². The summed E-state index contributed by atoms with van der Waals surface area (Å²) in [5, 5.41) is 0. The Balaban J connectivity index is 1.90. The summed E-state index contributed by atoms with van der Waals surface area (Å²) in [6.07, 6.45) is 3.32. The Bertz CT molecular complexity index is 322. The maximum atomic E-state index is 11.4. The third-order valence-corrected chi connectivity index (χ3v) is 3.89. The van der Waals surface area contributed by atoms with E-state index in [0.717, 1.165) is 6.42 Å². The summed E-state index contributed by atoms with van der Waals surface area (Å²) < 4.78 is 11.3. The molecule has 4 nitrogen and oxygen atoms in total. The van der Waals surface area contributed by atoms with Crippen LogP contribution in [0.15, 0.2) is 0 Å². The van der Waals surface area contributed by atoms with E-state index >= 15 is 0 Å². The Morgan fingerprint density at radius 2 is 1.72 bits per heavy atom. The van der Waals surface area contributed by atoms with Gasteiger partial charge in [0.25, 0.3) is 0 Å². The first-order valence-electron chi connectivity index (χ1n) is 6.86. The fourth-order valence-electron chi connectivity index (χ4n) is 2.69. The van der Waals surface area contributed by atoms with Gasteiger partial charge < -0.3 is 9.31 Å². The predicted octanol–water partition coefficient (Wildman–Crippen LogP) is 2.02. The first kappa shape index (κ1) is 13.7. The van der Waals surface area contributed by atoms with Crippen LogP contribution in [0.5, 0.6) is 0 Å². The number of unbranched alkanes of at least 4 members (excludes halogenated alkanes) is 1. The molecule has 0 N–H and O–H groups in total. The van der Waals surface area contributed by atoms with Crippen LogP contribution in [0.4, 0.5) is 0 Å². The second-order valence-corrected chi connectivity index (χ2v) is 5.50. The second-order valence-electron chi connectivity index (χ2n) is 5.50. The predicted molar refractivity (Wildman–Crippen MR) is 68.2 cm³/mol. The van der Waals surface area contributed by atoms with Crippen LogP contribution in [0.1, 0.15) is 46.5 Å². The third-order valence-electron chi connectivity index (χ3n) is 3.89. The van der Waals surface area contributed by atoms with E-state index in [-0.39, 0.29) is 18.7 Å². The lowest BCUT2D eigenvalue weighted by atomic mass is 9.80. The smallest absolute Gasteiger partial charge is 0.398 e. The van der Waals surface area contributed by atoms with Crippen LogP contribution in [0.3, 0.4) is 0 Å². The molecule has 0 bridgehead atoms. The summed E-state index contributed by atoms with van der Waals surface area (Å²) in [6.45, 7) is 5.08. The molecule has 2 rings (SSSR count). The van der Waals surface area contributed by atoms with Crippen molar-refractivity contribution < 1.29 is 18.9 Å². The SMILES string of the molecule is CCCC[C@@H]1C[C@H]1B1O[C@@H](C(C)=O)[C@H](C(C)=O)O1. The molecule has 0 unspecified atom stereocenters. The van der Waals surface area contributed by atoms with Gasteiger partial charge in [0.05, 0.1) is 0 Å². The fourth-order valence-corrected chi connectivity index (χ4v) is 2.69. The van der Waals surface area contributed by atoms with Gasteiger partial charge in [-0.25, -0.2) is 0 Å². The molecule has 2 fully saturated rings. The summed E-state index contributed by atoms with van der Waals surface area (Å²) >= 11 is 0. The third kappa shape index (κ3) is 2.83. The maximum absolute atomic E-state index is 11.4. The Morgan fingerprint density at radius 1 is 1.17 bits per heavy atom. The number of ketones is 2. The Labute approximate surface area is 109 Å². The molecule has 2 aliphatic rings. The summed E-state index contributed by atoms with van der Waals surface area (Å²) in [6, 6.07) is 0. The van der Waals surface area contributed by atoms with Gasteiger partial charge in [-0.1, -0.05) is 26.2 Å². The molecule has 1 saturated heterocycles. The zero-order valence-electron chi connectivity index (χ0n) is 11.3. The van der Waals surface area contributed by atoms with Crippen molar-refractivity contribution in [3.8, 4) is 0 Å². The number of hydrogen-bond donors (Lipinski definition) is 0. The molecule has 0 radical (unpaired) electrons. The number of rotatable bonds is 6. The van der Waals surface area contributed by atoms with E-state index in [1.54, 1.807) is 0 Å². The Morgan fingerprint density at radius 3 is 2.17 bits per heavy atom. The lowest BCUT2D eigenvalue weighted by molar-refractivity contribution is -0.132. The molecular weight excluding hydrogens is 231 g/mol. The van der Waals surface area contributed by atoms with Gasteiger partial charge >= 0.3 is 7.12 Å². The molecule has 1 aliphatic heterocycles. The zero-order chi connectivity index (χ0) is 13.3. The van der Waals surface area contributed by atoms with Crippen molar-refractivity contribution in [3.63, 3.8) is 0 Å². The van der Waals surface area contributed by atoms with Gasteiger partial charge in [0, 0.05) is 0 Å². The molecule has 5 heteroatoms. The van der Waals surface area contributed by atoms with E-state index in [4.69, 9.17) is 9.31 Å². The highest BCUT2D eigenvalue weighted by molar-refractivity contribution is 6.49. The molecule has 0 aromatic heterocycles. The molecule has 1 aliphatic carbocycles. The molecule has 100 valence electrons. The minimum atomic E-state index is -0.695. The van der Waals surface area contributed by atoms with Crippen LogP contribution in [-0.2, 0) is 18.9 Å². The molecule has 0 amide bonds. The molecule has 4 atom stereocenters. The van der Waals surface area contributed by atoms with E-state index in [1.807, 2.05) is 0 Å². The zero-order valence-corrected chi connectivity index (χ0v) is 11.3. The molecule has 18 heavy (non-hydrogen) atoms.